The molecule has 1 aliphatic rings. The number of aliphatic hydroxyl groups is 1. The van der Waals surface area contributed by atoms with Crippen LogP contribution in [0.15, 0.2) is 18.2 Å². The molecule has 2 rings (SSSR count). The highest BCUT2D eigenvalue weighted by molar-refractivity contribution is 5.13. The fourth-order valence-electron chi connectivity index (χ4n) is 2.85. The molecule has 0 radical (unpaired) electrons. The van der Waals surface area contributed by atoms with Gasteiger partial charge in [-0.15, -0.1) is 0 Å². The molecule has 1 aromatic heterocycles. The Morgan fingerprint density at radius 2 is 2.11 bits per heavy atom. The van der Waals surface area contributed by atoms with Crippen LogP contribution in [0.3, 0.4) is 0 Å². The number of aliphatic hydroxyl groups excluding tert-OH is 1. The Hall–Kier alpha value is -0.930. The molecule has 1 heterocycles. The molecule has 0 aliphatic heterocycles. The second-order valence-corrected chi connectivity index (χ2v) is 5.92. The quantitative estimate of drug-likeness (QED) is 0.857. The maximum absolute atomic E-state index is 9.42. The van der Waals surface area contributed by atoms with E-state index in [4.69, 9.17) is 0 Å². The van der Waals surface area contributed by atoms with Crippen molar-refractivity contribution in [2.45, 2.75) is 58.0 Å². The van der Waals surface area contributed by atoms with Crippen LogP contribution in [-0.4, -0.2) is 22.7 Å². The van der Waals surface area contributed by atoms with Crippen molar-refractivity contribution in [2.24, 2.45) is 5.92 Å². The molecule has 106 valence electrons. The summed E-state index contributed by atoms with van der Waals surface area (Å²) in [5.41, 5.74) is 2.26. The first-order valence-corrected chi connectivity index (χ1v) is 7.50. The molecule has 1 aromatic rings. The van der Waals surface area contributed by atoms with E-state index in [0.717, 1.165) is 24.4 Å². The molecule has 3 nitrogen and oxygen atoms in total. The minimum Gasteiger partial charge on any atom is -0.396 e. The zero-order chi connectivity index (χ0) is 13.7. The maximum atomic E-state index is 9.42. The fraction of sp³-hybridized carbons (Fsp3) is 0.688. The molecule has 0 saturated heterocycles. The molecule has 0 spiro atoms. The van der Waals surface area contributed by atoms with E-state index >= 15 is 0 Å². The van der Waals surface area contributed by atoms with E-state index in [2.05, 4.69) is 42.3 Å². The van der Waals surface area contributed by atoms with Crippen molar-refractivity contribution < 1.29 is 5.11 Å². The highest BCUT2D eigenvalue weighted by atomic mass is 16.3. The van der Waals surface area contributed by atoms with Crippen molar-refractivity contribution in [3.63, 3.8) is 0 Å². The van der Waals surface area contributed by atoms with Crippen LogP contribution in [0.4, 0.5) is 0 Å². The number of nitrogens with one attached hydrogen (secondary N) is 1. The van der Waals surface area contributed by atoms with Crippen molar-refractivity contribution in [3.05, 3.63) is 29.6 Å². The lowest BCUT2D eigenvalue weighted by Crippen LogP contribution is -2.39. The molecule has 0 bridgehead atoms. The Labute approximate surface area is 116 Å². The third-order valence-corrected chi connectivity index (χ3v) is 4.11. The maximum Gasteiger partial charge on any atom is 0.0545 e. The van der Waals surface area contributed by atoms with Crippen molar-refractivity contribution in [3.8, 4) is 0 Å². The normalized spacial score (nSPS) is 23.8. The van der Waals surface area contributed by atoms with Gasteiger partial charge in [-0.3, -0.25) is 4.98 Å². The predicted molar refractivity (Wildman–Crippen MR) is 78.0 cm³/mol. The molecule has 3 heteroatoms. The van der Waals surface area contributed by atoms with Crippen LogP contribution < -0.4 is 5.32 Å². The lowest BCUT2D eigenvalue weighted by Gasteiger charge is -2.31. The Morgan fingerprint density at radius 1 is 1.32 bits per heavy atom. The molecular weight excluding hydrogens is 236 g/mol. The number of aromatic nitrogens is 1. The summed E-state index contributed by atoms with van der Waals surface area (Å²) >= 11 is 0. The lowest BCUT2D eigenvalue weighted by atomic mass is 9.85. The van der Waals surface area contributed by atoms with E-state index in [-0.39, 0.29) is 0 Å². The van der Waals surface area contributed by atoms with Gasteiger partial charge in [0.05, 0.1) is 5.69 Å². The highest BCUT2D eigenvalue weighted by Crippen LogP contribution is 2.24. The predicted octanol–water partition coefficient (Wildman–Crippen LogP) is 2.85. The van der Waals surface area contributed by atoms with Crippen LogP contribution >= 0.6 is 0 Å². The second-order valence-electron chi connectivity index (χ2n) is 5.92. The smallest absolute Gasteiger partial charge is 0.0545 e. The third kappa shape index (κ3) is 4.02. The van der Waals surface area contributed by atoms with E-state index < -0.39 is 0 Å². The first-order valence-electron chi connectivity index (χ1n) is 7.50. The van der Waals surface area contributed by atoms with Crippen LogP contribution in [0, 0.1) is 5.92 Å². The Balaban J connectivity index is 1.92. The summed E-state index contributed by atoms with van der Waals surface area (Å²) in [5, 5.41) is 13.0. The van der Waals surface area contributed by atoms with E-state index in [1.165, 1.54) is 19.3 Å². The average Bonchev–Trinajstić information content (AvgIpc) is 2.45. The molecule has 1 aliphatic carbocycles. The van der Waals surface area contributed by atoms with E-state index in [1.54, 1.807) is 0 Å². The minimum absolute atomic E-state index is 0.303. The van der Waals surface area contributed by atoms with Crippen molar-refractivity contribution >= 4 is 0 Å². The van der Waals surface area contributed by atoms with Crippen LogP contribution in [0.2, 0.25) is 0 Å². The molecule has 1 fully saturated rings. The number of hydrogen-bond acceptors (Lipinski definition) is 3. The highest BCUT2D eigenvalue weighted by Gasteiger charge is 2.23. The SMILES string of the molecule is CC(C)c1cccc(CNC2CCCCC2CO)n1. The van der Waals surface area contributed by atoms with Crippen LogP contribution in [-0.2, 0) is 6.54 Å². The van der Waals surface area contributed by atoms with Gasteiger partial charge in [-0.2, -0.15) is 0 Å². The van der Waals surface area contributed by atoms with Gasteiger partial charge in [0.25, 0.3) is 0 Å². The van der Waals surface area contributed by atoms with Crippen LogP contribution in [0.5, 0.6) is 0 Å². The van der Waals surface area contributed by atoms with Crippen LogP contribution in [0.25, 0.3) is 0 Å². The standard InChI is InChI=1S/C16H26N2O/c1-12(2)15-9-5-7-14(18-15)10-17-16-8-4-3-6-13(16)11-19/h5,7,9,12-13,16-17,19H,3-4,6,8,10-11H2,1-2H3. The Bertz CT molecular complexity index is 392. The molecule has 0 aromatic carbocycles. The van der Waals surface area contributed by atoms with Gasteiger partial charge in [0.2, 0.25) is 0 Å². The lowest BCUT2D eigenvalue weighted by molar-refractivity contribution is 0.152. The summed E-state index contributed by atoms with van der Waals surface area (Å²) in [5.74, 6) is 0.891. The van der Waals surface area contributed by atoms with Crippen LogP contribution in [0.1, 0.15) is 56.8 Å². The first kappa shape index (κ1) is 14.5. The van der Waals surface area contributed by atoms with Gasteiger partial charge in [-0.1, -0.05) is 32.8 Å². The number of pyridine rings is 1. The van der Waals surface area contributed by atoms with Gasteiger partial charge >= 0.3 is 0 Å². The number of nitrogens with zero attached hydrogens (tertiary/aromatic N) is 1. The largest absolute Gasteiger partial charge is 0.396 e. The zero-order valence-corrected chi connectivity index (χ0v) is 12.1. The molecule has 19 heavy (non-hydrogen) atoms. The van der Waals surface area contributed by atoms with E-state index in [1.807, 2.05) is 0 Å². The summed E-state index contributed by atoms with van der Waals surface area (Å²) in [6, 6.07) is 6.70. The van der Waals surface area contributed by atoms with Gasteiger partial charge < -0.3 is 10.4 Å². The molecule has 2 unspecified atom stereocenters. The minimum atomic E-state index is 0.303. The fourth-order valence-corrected chi connectivity index (χ4v) is 2.85. The Morgan fingerprint density at radius 3 is 2.84 bits per heavy atom. The van der Waals surface area contributed by atoms with Crippen molar-refractivity contribution in [1.82, 2.24) is 10.3 Å². The van der Waals surface area contributed by atoms with Crippen molar-refractivity contribution in [1.29, 1.82) is 0 Å². The van der Waals surface area contributed by atoms with E-state index in [9.17, 15) is 5.11 Å². The number of rotatable bonds is 5. The number of hydrogen-bond donors (Lipinski definition) is 2. The monoisotopic (exact) mass is 262 g/mol. The first-order chi connectivity index (χ1) is 9.20. The zero-order valence-electron chi connectivity index (χ0n) is 12.1. The Kier molecular flexibility index (Phi) is 5.34. The topological polar surface area (TPSA) is 45.1 Å². The van der Waals surface area contributed by atoms with Gasteiger partial charge in [-0.25, -0.2) is 0 Å². The van der Waals surface area contributed by atoms with Crippen molar-refractivity contribution in [2.75, 3.05) is 6.61 Å². The van der Waals surface area contributed by atoms with E-state index in [0.29, 0.717) is 24.5 Å². The molecule has 0 amide bonds. The molecule has 1 saturated carbocycles. The molecule has 2 atom stereocenters. The van der Waals surface area contributed by atoms with Gasteiger partial charge in [0.1, 0.15) is 0 Å². The van der Waals surface area contributed by atoms with Gasteiger partial charge in [0, 0.05) is 24.9 Å². The summed E-state index contributed by atoms with van der Waals surface area (Å²) in [6.45, 7) is 5.45. The van der Waals surface area contributed by atoms with Gasteiger partial charge in [0.15, 0.2) is 0 Å². The second kappa shape index (κ2) is 7.01. The summed E-state index contributed by atoms with van der Waals surface area (Å²) in [4.78, 5) is 4.68. The summed E-state index contributed by atoms with van der Waals surface area (Å²) in [7, 11) is 0. The summed E-state index contributed by atoms with van der Waals surface area (Å²) < 4.78 is 0. The molecular formula is C16H26N2O. The van der Waals surface area contributed by atoms with Gasteiger partial charge in [-0.05, 0) is 36.8 Å². The third-order valence-electron chi connectivity index (χ3n) is 4.11. The average molecular weight is 262 g/mol. The molecule has 2 N–H and O–H groups in total. The summed E-state index contributed by atoms with van der Waals surface area (Å²) in [6.07, 6.45) is 4.85.